The van der Waals surface area contributed by atoms with Crippen molar-refractivity contribution in [3.63, 3.8) is 0 Å². The number of nitrogens with one attached hydrogen (secondary N) is 1. The molecule has 0 atom stereocenters. The third-order valence-electron chi connectivity index (χ3n) is 4.59. The van der Waals surface area contributed by atoms with Gasteiger partial charge in [0.1, 0.15) is 0 Å². The predicted octanol–water partition coefficient (Wildman–Crippen LogP) is 3.50. The lowest BCUT2D eigenvalue weighted by molar-refractivity contribution is 0.184. The molecule has 1 aliphatic rings. The van der Waals surface area contributed by atoms with Gasteiger partial charge in [-0.15, -0.1) is 0 Å². The van der Waals surface area contributed by atoms with Gasteiger partial charge in [-0.3, -0.25) is 0 Å². The number of anilines is 1. The smallest absolute Gasteiger partial charge is 0.321 e. The van der Waals surface area contributed by atoms with E-state index in [-0.39, 0.29) is 19.1 Å². The highest BCUT2D eigenvalue weighted by atomic mass is 35.5. The molecular weight excluding hydrogens is 386 g/mol. The summed E-state index contributed by atoms with van der Waals surface area (Å²) in [6, 6.07) is 12.0. The van der Waals surface area contributed by atoms with Crippen molar-refractivity contribution in [1.29, 1.82) is 0 Å². The Morgan fingerprint density at radius 1 is 1.04 bits per heavy atom. The Morgan fingerprint density at radius 2 is 1.70 bits per heavy atom. The van der Waals surface area contributed by atoms with Gasteiger partial charge in [0.05, 0.1) is 15.6 Å². The zero-order valence-electron chi connectivity index (χ0n) is 15.3. The number of nitrogens with zero attached hydrogens (tertiary/aromatic N) is 2. The number of hydrogen-bond acceptors (Lipinski definition) is 3. The van der Waals surface area contributed by atoms with Gasteiger partial charge in [0.25, 0.3) is 0 Å². The molecule has 0 aliphatic carbocycles. The topological polar surface area (TPSA) is 69.7 Å². The van der Waals surface area contributed by atoms with Crippen LogP contribution in [0.25, 0.3) is 0 Å². The molecule has 8 heteroatoms. The molecule has 0 bridgehead atoms. The summed E-state index contributed by atoms with van der Waals surface area (Å²) in [6.45, 7) is 4.88. The summed E-state index contributed by atoms with van der Waals surface area (Å²) in [5.74, 6) is 0. The molecule has 2 aromatic carbocycles. The Hall–Kier alpha value is -2.09. The summed E-state index contributed by atoms with van der Waals surface area (Å²) in [5.41, 5.74) is 2.29. The predicted molar refractivity (Wildman–Crippen MR) is 107 cm³/mol. The van der Waals surface area contributed by atoms with Crippen LogP contribution in [0, 0.1) is 13.8 Å². The van der Waals surface area contributed by atoms with Crippen molar-refractivity contribution in [2.75, 3.05) is 31.5 Å². The Morgan fingerprint density at radius 3 is 2.33 bits per heavy atom. The van der Waals surface area contributed by atoms with Crippen LogP contribution in [0.1, 0.15) is 11.1 Å². The number of para-hydroxylation sites is 1. The molecule has 1 aliphatic heterocycles. The molecule has 2 amide bonds. The summed E-state index contributed by atoms with van der Waals surface area (Å²) in [4.78, 5) is 14.3. The average molecular weight is 408 g/mol. The molecule has 0 unspecified atom stereocenters. The third kappa shape index (κ3) is 4.26. The molecular formula is C19H22ClN3O3S. The number of urea groups is 1. The Bertz CT molecular complexity index is 954. The molecule has 6 nitrogen and oxygen atoms in total. The van der Waals surface area contributed by atoms with Crippen LogP contribution >= 0.6 is 11.6 Å². The number of carbonyl (C=O) groups excluding carboxylic acids is 1. The summed E-state index contributed by atoms with van der Waals surface area (Å²) in [7, 11) is -3.57. The maximum absolute atomic E-state index is 12.9. The summed E-state index contributed by atoms with van der Waals surface area (Å²) in [5, 5.41) is 3.23. The highest BCUT2D eigenvalue weighted by molar-refractivity contribution is 7.89. The van der Waals surface area contributed by atoms with E-state index in [0.29, 0.717) is 28.7 Å². The van der Waals surface area contributed by atoms with Crippen LogP contribution in [-0.4, -0.2) is 49.8 Å². The van der Waals surface area contributed by atoms with Crippen LogP contribution < -0.4 is 5.32 Å². The van der Waals surface area contributed by atoms with E-state index < -0.39 is 10.0 Å². The molecule has 0 saturated carbocycles. The molecule has 27 heavy (non-hydrogen) atoms. The number of amides is 2. The van der Waals surface area contributed by atoms with Crippen molar-refractivity contribution in [3.05, 3.63) is 58.6 Å². The summed E-state index contributed by atoms with van der Waals surface area (Å²) in [6.07, 6.45) is 0. The van der Waals surface area contributed by atoms with E-state index in [4.69, 9.17) is 11.6 Å². The largest absolute Gasteiger partial charge is 0.322 e. The fourth-order valence-electron chi connectivity index (χ4n) is 3.12. The highest BCUT2D eigenvalue weighted by Crippen LogP contribution is 2.23. The Kier molecular flexibility index (Phi) is 5.74. The van der Waals surface area contributed by atoms with Gasteiger partial charge in [0.15, 0.2) is 0 Å². The van der Waals surface area contributed by atoms with Crippen LogP contribution in [0.3, 0.4) is 0 Å². The van der Waals surface area contributed by atoms with Crippen molar-refractivity contribution in [2.24, 2.45) is 0 Å². The van der Waals surface area contributed by atoms with E-state index in [2.05, 4.69) is 5.32 Å². The normalized spacial score (nSPS) is 15.6. The number of halogens is 1. The van der Waals surface area contributed by atoms with Crippen molar-refractivity contribution in [3.8, 4) is 0 Å². The zero-order chi connectivity index (χ0) is 19.6. The van der Waals surface area contributed by atoms with Gasteiger partial charge in [0.2, 0.25) is 10.0 Å². The Labute approximate surface area is 164 Å². The first kappa shape index (κ1) is 19.7. The molecule has 0 aromatic heterocycles. The first-order chi connectivity index (χ1) is 12.8. The number of sulfonamides is 1. The van der Waals surface area contributed by atoms with Gasteiger partial charge < -0.3 is 10.2 Å². The van der Waals surface area contributed by atoms with Crippen molar-refractivity contribution < 1.29 is 13.2 Å². The minimum absolute atomic E-state index is 0.256. The van der Waals surface area contributed by atoms with Gasteiger partial charge >= 0.3 is 6.03 Å². The number of piperazine rings is 1. The first-order valence-corrected chi connectivity index (χ1v) is 10.5. The van der Waals surface area contributed by atoms with Gasteiger partial charge in [0, 0.05) is 26.2 Å². The van der Waals surface area contributed by atoms with E-state index in [1.54, 1.807) is 48.2 Å². The van der Waals surface area contributed by atoms with Gasteiger partial charge in [-0.25, -0.2) is 13.2 Å². The second-order valence-corrected chi connectivity index (χ2v) is 8.88. The lowest BCUT2D eigenvalue weighted by atomic mass is 10.2. The number of hydrogen-bond donors (Lipinski definition) is 1. The zero-order valence-corrected chi connectivity index (χ0v) is 16.8. The lowest BCUT2D eigenvalue weighted by Gasteiger charge is -2.34. The molecule has 1 N–H and O–H groups in total. The standard InChI is InChI=1S/C19H22ClN3O3S/c1-14-7-8-18(15(2)13-14)27(25,26)23-11-9-22(10-12-23)19(24)21-17-6-4-3-5-16(17)20/h3-8,13H,9-12H2,1-2H3,(H,21,24). The van der Waals surface area contributed by atoms with Gasteiger partial charge in [-0.2, -0.15) is 4.31 Å². The van der Waals surface area contributed by atoms with Crippen LogP contribution in [0.4, 0.5) is 10.5 Å². The first-order valence-electron chi connectivity index (χ1n) is 8.67. The van der Waals surface area contributed by atoms with E-state index in [1.807, 2.05) is 13.0 Å². The fourth-order valence-corrected chi connectivity index (χ4v) is 4.93. The van der Waals surface area contributed by atoms with Crippen LogP contribution in [0.5, 0.6) is 0 Å². The van der Waals surface area contributed by atoms with E-state index >= 15 is 0 Å². The van der Waals surface area contributed by atoms with Crippen molar-refractivity contribution >= 4 is 33.3 Å². The third-order valence-corrected chi connectivity index (χ3v) is 6.98. The van der Waals surface area contributed by atoms with Crippen molar-refractivity contribution in [2.45, 2.75) is 18.7 Å². The molecule has 1 saturated heterocycles. The Balaban J connectivity index is 1.66. The number of carbonyl (C=O) groups is 1. The second-order valence-electron chi connectivity index (χ2n) is 6.57. The minimum atomic E-state index is -3.57. The molecule has 0 spiro atoms. The van der Waals surface area contributed by atoms with Crippen LogP contribution in [-0.2, 0) is 10.0 Å². The number of rotatable bonds is 3. The van der Waals surface area contributed by atoms with Gasteiger partial charge in [-0.1, -0.05) is 41.4 Å². The van der Waals surface area contributed by atoms with E-state index in [9.17, 15) is 13.2 Å². The van der Waals surface area contributed by atoms with E-state index in [0.717, 1.165) is 11.1 Å². The molecule has 0 radical (unpaired) electrons. The molecule has 144 valence electrons. The summed E-state index contributed by atoms with van der Waals surface area (Å²) >= 11 is 6.06. The van der Waals surface area contributed by atoms with Gasteiger partial charge in [-0.05, 0) is 37.6 Å². The molecule has 2 aromatic rings. The molecule has 1 fully saturated rings. The van der Waals surface area contributed by atoms with Crippen LogP contribution in [0.2, 0.25) is 5.02 Å². The monoisotopic (exact) mass is 407 g/mol. The number of benzene rings is 2. The lowest BCUT2D eigenvalue weighted by Crippen LogP contribution is -2.51. The molecule has 1 heterocycles. The maximum atomic E-state index is 12.9. The minimum Gasteiger partial charge on any atom is -0.322 e. The average Bonchev–Trinajstić information content (AvgIpc) is 2.63. The quantitative estimate of drug-likeness (QED) is 0.846. The fraction of sp³-hybridized carbons (Fsp3) is 0.316. The SMILES string of the molecule is Cc1ccc(S(=O)(=O)N2CCN(C(=O)Nc3ccccc3Cl)CC2)c(C)c1. The van der Waals surface area contributed by atoms with Crippen molar-refractivity contribution in [1.82, 2.24) is 9.21 Å². The highest BCUT2D eigenvalue weighted by Gasteiger charge is 2.31. The second kappa shape index (κ2) is 7.88. The molecule has 3 rings (SSSR count). The van der Waals surface area contributed by atoms with E-state index in [1.165, 1.54) is 4.31 Å². The maximum Gasteiger partial charge on any atom is 0.321 e. The van der Waals surface area contributed by atoms with Crippen LogP contribution in [0.15, 0.2) is 47.4 Å². The summed E-state index contributed by atoms with van der Waals surface area (Å²) < 4.78 is 27.3. The number of aryl methyl sites for hydroxylation is 2.